The van der Waals surface area contributed by atoms with Crippen LogP contribution in [0.25, 0.3) is 0 Å². The van der Waals surface area contributed by atoms with Gasteiger partial charge in [-0.2, -0.15) is 4.98 Å². The molecule has 0 radical (unpaired) electrons. The van der Waals surface area contributed by atoms with Gasteiger partial charge in [-0.1, -0.05) is 0 Å². The Morgan fingerprint density at radius 1 is 1.50 bits per heavy atom. The summed E-state index contributed by atoms with van der Waals surface area (Å²) in [5.41, 5.74) is 6.01. The lowest BCUT2D eigenvalue weighted by atomic mass is 10.1. The maximum atomic E-state index is 6.01. The van der Waals surface area contributed by atoms with Gasteiger partial charge in [-0.15, -0.1) is 16.9 Å². The number of aromatic amines is 1. The summed E-state index contributed by atoms with van der Waals surface area (Å²) in [4.78, 5) is 6.91. The van der Waals surface area contributed by atoms with Crippen LogP contribution in [0.5, 0.6) is 0 Å². The molecule has 2 saturated heterocycles. The van der Waals surface area contributed by atoms with Gasteiger partial charge in [0, 0.05) is 19.1 Å². The van der Waals surface area contributed by atoms with Gasteiger partial charge in [0.15, 0.2) is 0 Å². The van der Waals surface area contributed by atoms with Gasteiger partial charge in [0.1, 0.15) is 5.82 Å². The first-order chi connectivity index (χ1) is 8.67. The number of H-pyrrole nitrogens is 1. The number of hydrogen-bond donors (Lipinski definition) is 2. The van der Waals surface area contributed by atoms with Crippen molar-refractivity contribution in [3.63, 3.8) is 0 Å². The number of aromatic nitrogens is 3. The van der Waals surface area contributed by atoms with Gasteiger partial charge in [-0.3, -0.25) is 5.10 Å². The normalized spacial score (nSPS) is 33.0. The van der Waals surface area contributed by atoms with Gasteiger partial charge < -0.3 is 10.6 Å². The zero-order valence-electron chi connectivity index (χ0n) is 10.9. The highest BCUT2D eigenvalue weighted by Crippen LogP contribution is 2.44. The van der Waals surface area contributed by atoms with E-state index in [1.807, 2.05) is 11.8 Å². The molecule has 3 heterocycles. The van der Waals surface area contributed by atoms with E-state index in [0.717, 1.165) is 37.7 Å². The molecule has 3 N–H and O–H groups in total. The molecule has 0 saturated carbocycles. The second-order valence-corrected chi connectivity index (χ2v) is 7.11. The van der Waals surface area contributed by atoms with Gasteiger partial charge in [0.2, 0.25) is 5.95 Å². The van der Waals surface area contributed by atoms with Crippen molar-refractivity contribution in [1.82, 2.24) is 15.2 Å². The molecule has 0 amide bonds. The van der Waals surface area contributed by atoms with E-state index in [9.17, 15) is 0 Å². The van der Waals surface area contributed by atoms with E-state index in [-0.39, 0.29) is 10.8 Å². The molecule has 3 rings (SSSR count). The van der Waals surface area contributed by atoms with Crippen LogP contribution in [0.15, 0.2) is 0 Å². The summed E-state index contributed by atoms with van der Waals surface area (Å²) in [5.74, 6) is 3.08. The van der Waals surface area contributed by atoms with Gasteiger partial charge in [0.05, 0.1) is 4.75 Å². The molecule has 2 aliphatic rings. The lowest BCUT2D eigenvalue weighted by Crippen LogP contribution is -2.43. The molecule has 2 atom stereocenters. The summed E-state index contributed by atoms with van der Waals surface area (Å²) < 4.78 is 0.128. The number of rotatable bonds is 2. The molecule has 0 bridgehead atoms. The molecule has 18 heavy (non-hydrogen) atoms. The molecule has 0 aromatic carbocycles. The van der Waals surface area contributed by atoms with Crippen molar-refractivity contribution in [2.45, 2.75) is 43.4 Å². The van der Waals surface area contributed by atoms with E-state index in [1.54, 1.807) is 0 Å². The maximum absolute atomic E-state index is 6.01. The second-order valence-electron chi connectivity index (χ2n) is 5.52. The van der Waals surface area contributed by atoms with E-state index >= 15 is 0 Å². The zero-order valence-corrected chi connectivity index (χ0v) is 11.7. The maximum Gasteiger partial charge on any atom is 0.244 e. The number of nitrogens with one attached hydrogen (secondary N) is 1. The first-order valence-corrected chi connectivity index (χ1v) is 7.73. The van der Waals surface area contributed by atoms with Crippen molar-refractivity contribution in [2.75, 3.05) is 23.7 Å². The van der Waals surface area contributed by atoms with Crippen LogP contribution in [-0.2, 0) is 4.75 Å². The molecule has 1 aromatic rings. The highest BCUT2D eigenvalue weighted by molar-refractivity contribution is 8.00. The molecule has 6 heteroatoms. The van der Waals surface area contributed by atoms with Gasteiger partial charge in [0.25, 0.3) is 0 Å². The largest absolute Gasteiger partial charge is 0.338 e. The number of hydrogen-bond acceptors (Lipinski definition) is 5. The van der Waals surface area contributed by atoms with Crippen LogP contribution in [0.4, 0.5) is 5.95 Å². The Morgan fingerprint density at radius 2 is 2.39 bits per heavy atom. The number of thioether (sulfide) groups is 1. The zero-order chi connectivity index (χ0) is 12.6. The second kappa shape index (κ2) is 4.74. The minimum atomic E-state index is 0.128. The van der Waals surface area contributed by atoms with Crippen LogP contribution in [0.1, 0.15) is 38.4 Å². The third kappa shape index (κ3) is 2.23. The molecule has 2 unspecified atom stereocenters. The predicted octanol–water partition coefficient (Wildman–Crippen LogP) is 1.47. The third-order valence-electron chi connectivity index (χ3n) is 3.93. The summed E-state index contributed by atoms with van der Waals surface area (Å²) in [6.07, 6.45) is 4.70. The molecule has 100 valence electrons. The van der Waals surface area contributed by atoms with Crippen molar-refractivity contribution < 1.29 is 0 Å². The highest BCUT2D eigenvalue weighted by Gasteiger charge is 2.35. The quantitative estimate of drug-likeness (QED) is 0.849. The summed E-state index contributed by atoms with van der Waals surface area (Å²) in [5, 5.41) is 7.52. The van der Waals surface area contributed by atoms with Crippen LogP contribution in [0.3, 0.4) is 0 Å². The first kappa shape index (κ1) is 12.3. The minimum absolute atomic E-state index is 0.128. The summed E-state index contributed by atoms with van der Waals surface area (Å²) >= 11 is 1.98. The molecule has 1 aromatic heterocycles. The molecular weight excluding hydrogens is 246 g/mol. The van der Waals surface area contributed by atoms with Crippen molar-refractivity contribution in [3.8, 4) is 0 Å². The van der Waals surface area contributed by atoms with Crippen molar-refractivity contribution >= 4 is 17.7 Å². The SMILES string of the molecule is CC1(c2nc(N3CCCC(N)C3)n[nH]2)CCCS1. The Morgan fingerprint density at radius 3 is 3.11 bits per heavy atom. The molecular formula is C12H21N5S. The highest BCUT2D eigenvalue weighted by atomic mass is 32.2. The molecule has 0 spiro atoms. The van der Waals surface area contributed by atoms with Crippen molar-refractivity contribution in [3.05, 3.63) is 5.82 Å². The fourth-order valence-corrected chi connectivity index (χ4v) is 4.04. The standard InChI is InChI=1S/C12H21N5S/c1-12(5-3-7-18-12)10-14-11(16-15-10)17-6-2-4-9(13)8-17/h9H,2-8,13H2,1H3,(H,14,15,16). The molecule has 0 aliphatic carbocycles. The Hall–Kier alpha value is -0.750. The van der Waals surface area contributed by atoms with Crippen LogP contribution in [0, 0.1) is 0 Å². The van der Waals surface area contributed by atoms with Crippen LogP contribution < -0.4 is 10.6 Å². The number of nitrogens with two attached hydrogens (primary N) is 1. The predicted molar refractivity (Wildman–Crippen MR) is 74.8 cm³/mol. The smallest absolute Gasteiger partial charge is 0.244 e. The lowest BCUT2D eigenvalue weighted by molar-refractivity contribution is 0.500. The van der Waals surface area contributed by atoms with E-state index in [2.05, 4.69) is 22.0 Å². The van der Waals surface area contributed by atoms with Gasteiger partial charge in [-0.05, 0) is 38.4 Å². The lowest BCUT2D eigenvalue weighted by Gasteiger charge is -2.29. The fourth-order valence-electron chi connectivity index (χ4n) is 2.79. The molecule has 2 fully saturated rings. The third-order valence-corrected chi connectivity index (χ3v) is 5.46. The summed E-state index contributed by atoms with van der Waals surface area (Å²) in [7, 11) is 0. The first-order valence-electron chi connectivity index (χ1n) is 6.75. The minimum Gasteiger partial charge on any atom is -0.338 e. The number of piperidine rings is 1. The summed E-state index contributed by atoms with van der Waals surface area (Å²) in [6, 6.07) is 0.261. The van der Waals surface area contributed by atoms with E-state index in [4.69, 9.17) is 10.7 Å². The van der Waals surface area contributed by atoms with E-state index in [0.29, 0.717) is 0 Å². The molecule has 5 nitrogen and oxygen atoms in total. The monoisotopic (exact) mass is 267 g/mol. The van der Waals surface area contributed by atoms with Gasteiger partial charge >= 0.3 is 0 Å². The van der Waals surface area contributed by atoms with E-state index < -0.39 is 0 Å². The Balaban J connectivity index is 1.76. The van der Waals surface area contributed by atoms with E-state index in [1.165, 1.54) is 18.6 Å². The fraction of sp³-hybridized carbons (Fsp3) is 0.833. The average molecular weight is 267 g/mol. The number of nitrogens with zero attached hydrogens (tertiary/aromatic N) is 3. The Kier molecular flexibility index (Phi) is 3.23. The topological polar surface area (TPSA) is 70.8 Å². The Labute approximate surface area is 112 Å². The summed E-state index contributed by atoms with van der Waals surface area (Å²) in [6.45, 7) is 4.16. The average Bonchev–Trinajstić information content (AvgIpc) is 2.98. The van der Waals surface area contributed by atoms with Crippen molar-refractivity contribution in [2.24, 2.45) is 5.73 Å². The van der Waals surface area contributed by atoms with Crippen LogP contribution in [0.2, 0.25) is 0 Å². The Bertz CT molecular complexity index is 412. The van der Waals surface area contributed by atoms with Crippen LogP contribution in [-0.4, -0.2) is 40.1 Å². The molecule has 2 aliphatic heterocycles. The van der Waals surface area contributed by atoms with Gasteiger partial charge in [-0.25, -0.2) is 0 Å². The van der Waals surface area contributed by atoms with Crippen molar-refractivity contribution in [1.29, 1.82) is 0 Å². The number of anilines is 1. The van der Waals surface area contributed by atoms with Crippen LogP contribution >= 0.6 is 11.8 Å².